The maximum absolute atomic E-state index is 14.2. The fourth-order valence-corrected chi connectivity index (χ4v) is 15.2. The number of nitrogens with zero attached hydrogens (tertiary/aromatic N) is 1. The maximum Gasteiger partial charge on any atom is 0.307 e. The summed E-state index contributed by atoms with van der Waals surface area (Å²) in [5.41, 5.74) is 6.18. The van der Waals surface area contributed by atoms with Crippen molar-refractivity contribution in [3.8, 4) is 0 Å². The van der Waals surface area contributed by atoms with Gasteiger partial charge < -0.3 is 15.4 Å². The number of sulfonamides is 1. The SMILES string of the molecule is C=C(C)[C@@H]1CC[C@]2(CC(=O)N3CCC(NS(C)(=O)=O)CC3)CC[C@]3(C)[C@H](CC[C@H]4C3(C)CC[C@H]3C(C)(C)[C@@H](OC(=O)CC(C)(C)C(N)=O)CC[C@@]34C)[C@@H]12. The molecule has 6 rings (SSSR count). The summed E-state index contributed by atoms with van der Waals surface area (Å²) in [7, 11) is -3.27. The average molecular weight is 758 g/mol. The monoisotopic (exact) mass is 758 g/mol. The molecule has 0 radical (unpaired) electrons. The number of piperidine rings is 1. The van der Waals surface area contributed by atoms with Crippen molar-refractivity contribution < 1.29 is 27.5 Å². The first-order chi connectivity index (χ1) is 24.4. The molecule has 300 valence electrons. The molecule has 10 atom stereocenters. The van der Waals surface area contributed by atoms with Gasteiger partial charge in [0.25, 0.3) is 0 Å². The molecule has 53 heavy (non-hydrogen) atoms. The van der Waals surface area contributed by atoms with Crippen LogP contribution in [-0.4, -0.2) is 62.6 Å². The third kappa shape index (κ3) is 6.84. The topological polar surface area (TPSA) is 136 Å². The van der Waals surface area contributed by atoms with Gasteiger partial charge in [-0.2, -0.15) is 0 Å². The van der Waals surface area contributed by atoms with E-state index in [2.05, 4.69) is 52.8 Å². The van der Waals surface area contributed by atoms with Crippen LogP contribution in [-0.2, 0) is 29.1 Å². The Morgan fingerprint density at radius 1 is 0.868 bits per heavy atom. The highest BCUT2D eigenvalue weighted by Gasteiger charge is 2.71. The van der Waals surface area contributed by atoms with Crippen molar-refractivity contribution >= 4 is 27.8 Å². The van der Waals surface area contributed by atoms with Gasteiger partial charge in [-0.3, -0.25) is 14.4 Å². The molecule has 6 aliphatic rings. The molecule has 10 heteroatoms. The van der Waals surface area contributed by atoms with Gasteiger partial charge in [0, 0.05) is 31.0 Å². The molecule has 5 saturated carbocycles. The Bertz CT molecular complexity index is 1600. The average Bonchev–Trinajstić information content (AvgIpc) is 3.41. The van der Waals surface area contributed by atoms with Crippen molar-refractivity contribution in [1.82, 2.24) is 9.62 Å². The molecule has 1 aliphatic heterocycles. The number of primary amides is 1. The Hall–Kier alpha value is -1.94. The molecule has 0 aromatic rings. The number of esters is 1. The van der Waals surface area contributed by atoms with Crippen LogP contribution < -0.4 is 10.5 Å². The number of hydrogen-bond acceptors (Lipinski definition) is 6. The first-order valence-corrected chi connectivity index (χ1v) is 22.7. The van der Waals surface area contributed by atoms with E-state index < -0.39 is 21.3 Å². The molecule has 1 unspecified atom stereocenters. The van der Waals surface area contributed by atoms with E-state index in [0.717, 1.165) is 51.4 Å². The molecule has 0 aromatic heterocycles. The molecule has 9 nitrogen and oxygen atoms in total. The Morgan fingerprint density at radius 2 is 1.53 bits per heavy atom. The summed E-state index contributed by atoms with van der Waals surface area (Å²) >= 11 is 0. The van der Waals surface area contributed by atoms with Gasteiger partial charge >= 0.3 is 5.97 Å². The maximum atomic E-state index is 14.2. The lowest BCUT2D eigenvalue weighted by atomic mass is 9.32. The van der Waals surface area contributed by atoms with Crippen LogP contribution in [0.5, 0.6) is 0 Å². The van der Waals surface area contributed by atoms with Gasteiger partial charge in [-0.05, 0) is 135 Å². The minimum absolute atomic E-state index is 0.00191. The van der Waals surface area contributed by atoms with Crippen LogP contribution >= 0.6 is 0 Å². The number of nitrogens with two attached hydrogens (primary N) is 1. The smallest absolute Gasteiger partial charge is 0.307 e. The first kappa shape index (κ1) is 40.7. The van der Waals surface area contributed by atoms with Crippen LogP contribution in [0.1, 0.15) is 145 Å². The van der Waals surface area contributed by atoms with Gasteiger partial charge in [0.15, 0.2) is 0 Å². The summed E-state index contributed by atoms with van der Waals surface area (Å²) in [5, 5.41) is 0. The zero-order chi connectivity index (χ0) is 39.2. The summed E-state index contributed by atoms with van der Waals surface area (Å²) < 4.78 is 32.6. The second-order valence-corrected chi connectivity index (χ2v) is 22.8. The Labute approximate surface area is 320 Å². The molecule has 0 spiro atoms. The summed E-state index contributed by atoms with van der Waals surface area (Å²) in [5.74, 6) is 1.87. The highest BCUT2D eigenvalue weighted by atomic mass is 32.2. The summed E-state index contributed by atoms with van der Waals surface area (Å²) in [6, 6.07) is -0.0983. The molecular formula is C43H71N3O6S. The summed E-state index contributed by atoms with van der Waals surface area (Å²) in [4.78, 5) is 41.3. The van der Waals surface area contributed by atoms with E-state index in [0.29, 0.717) is 61.9 Å². The van der Waals surface area contributed by atoms with Crippen molar-refractivity contribution in [1.29, 1.82) is 0 Å². The lowest BCUT2D eigenvalue weighted by Crippen LogP contribution is -2.67. The number of fused-ring (bicyclic) bond motifs is 7. The Morgan fingerprint density at radius 3 is 2.13 bits per heavy atom. The van der Waals surface area contributed by atoms with Gasteiger partial charge in [-0.25, -0.2) is 13.1 Å². The van der Waals surface area contributed by atoms with Crippen LogP contribution in [0.25, 0.3) is 0 Å². The standard InChI is InChI=1S/C43H71N3O6S/c1-27(2)29-13-20-43(25-34(47)46-23-16-28(17-24-46)45-53(10,50)51)22-21-41(8)30(36(29)43)11-12-32-40(7)18-15-33(52-35(48)26-38(3,4)37(44)49)39(5,6)31(40)14-19-42(32,41)9/h28-33,36,45H,1,11-26H2,2-10H3,(H2,44,49)/t29-,30+,31-,32+,33-,36+,40-,41+,42?,43+/m0/s1. The molecular weight excluding hydrogens is 687 g/mol. The number of likely N-dealkylation sites (tertiary alicyclic amines) is 1. The molecule has 0 aromatic carbocycles. The molecule has 3 N–H and O–H groups in total. The number of rotatable bonds is 9. The van der Waals surface area contributed by atoms with E-state index in [-0.39, 0.29) is 57.5 Å². The van der Waals surface area contributed by atoms with Crippen molar-refractivity contribution in [2.75, 3.05) is 19.3 Å². The Balaban J connectivity index is 1.21. The number of allylic oxidation sites excluding steroid dienone is 1. The van der Waals surface area contributed by atoms with Gasteiger partial charge in [-0.1, -0.05) is 60.6 Å². The number of hydrogen-bond donors (Lipinski definition) is 2. The first-order valence-electron chi connectivity index (χ1n) is 20.8. The third-order valence-corrected chi connectivity index (χ3v) is 18.2. The highest BCUT2D eigenvalue weighted by molar-refractivity contribution is 7.88. The zero-order valence-corrected chi connectivity index (χ0v) is 35.3. The number of ether oxygens (including phenoxy) is 1. The summed E-state index contributed by atoms with van der Waals surface area (Å²) in [6.07, 6.45) is 13.9. The van der Waals surface area contributed by atoms with E-state index in [1.54, 1.807) is 13.8 Å². The van der Waals surface area contributed by atoms with Crippen LogP contribution in [0.15, 0.2) is 12.2 Å². The van der Waals surface area contributed by atoms with E-state index in [4.69, 9.17) is 10.5 Å². The quantitative estimate of drug-likeness (QED) is 0.186. The van der Waals surface area contributed by atoms with Crippen molar-refractivity contribution in [3.05, 3.63) is 12.2 Å². The van der Waals surface area contributed by atoms with Gasteiger partial charge in [0.05, 0.1) is 18.1 Å². The highest BCUT2D eigenvalue weighted by Crippen LogP contribution is 2.78. The van der Waals surface area contributed by atoms with E-state index in [9.17, 15) is 22.8 Å². The van der Waals surface area contributed by atoms with Gasteiger partial charge in [-0.15, -0.1) is 0 Å². The van der Waals surface area contributed by atoms with Crippen molar-refractivity contribution in [2.45, 2.75) is 157 Å². The van der Waals surface area contributed by atoms with Crippen molar-refractivity contribution in [3.63, 3.8) is 0 Å². The minimum Gasteiger partial charge on any atom is -0.462 e. The van der Waals surface area contributed by atoms with E-state index in [1.807, 2.05) is 4.90 Å². The van der Waals surface area contributed by atoms with Gasteiger partial charge in [0.2, 0.25) is 21.8 Å². The number of amides is 2. The molecule has 6 fully saturated rings. The lowest BCUT2D eigenvalue weighted by molar-refractivity contribution is -0.250. The number of carbonyl (C=O) groups is 3. The van der Waals surface area contributed by atoms with Crippen LogP contribution in [0.4, 0.5) is 0 Å². The van der Waals surface area contributed by atoms with E-state index in [1.165, 1.54) is 24.7 Å². The van der Waals surface area contributed by atoms with Crippen LogP contribution in [0, 0.1) is 62.1 Å². The van der Waals surface area contributed by atoms with E-state index >= 15 is 0 Å². The molecule has 0 bridgehead atoms. The predicted molar refractivity (Wildman–Crippen MR) is 209 cm³/mol. The largest absolute Gasteiger partial charge is 0.462 e. The molecule has 2 amide bonds. The predicted octanol–water partition coefficient (Wildman–Crippen LogP) is 7.39. The number of nitrogens with one attached hydrogen (secondary N) is 1. The van der Waals surface area contributed by atoms with Crippen LogP contribution in [0.2, 0.25) is 0 Å². The fourth-order valence-electron chi connectivity index (χ4n) is 14.4. The number of carbonyl (C=O) groups excluding carboxylic acids is 3. The lowest BCUT2D eigenvalue weighted by Gasteiger charge is -2.73. The normalized spacial score (nSPS) is 41.3. The molecule has 5 aliphatic carbocycles. The second-order valence-electron chi connectivity index (χ2n) is 21.0. The molecule has 1 heterocycles. The molecule has 1 saturated heterocycles. The van der Waals surface area contributed by atoms with Crippen molar-refractivity contribution in [2.24, 2.45) is 67.8 Å². The summed E-state index contributed by atoms with van der Waals surface area (Å²) in [6.45, 7) is 23.9. The third-order valence-electron chi connectivity index (χ3n) is 17.4. The Kier molecular flexibility index (Phi) is 10.5. The second kappa shape index (κ2) is 13.6. The minimum atomic E-state index is -3.27. The fraction of sp³-hybridized carbons (Fsp3) is 0.884. The zero-order valence-electron chi connectivity index (χ0n) is 34.4. The van der Waals surface area contributed by atoms with Crippen LogP contribution in [0.3, 0.4) is 0 Å². The van der Waals surface area contributed by atoms with Gasteiger partial charge in [0.1, 0.15) is 6.10 Å².